The summed E-state index contributed by atoms with van der Waals surface area (Å²) in [5, 5.41) is 12.1. The molecule has 1 N–H and O–H groups in total. The minimum Gasteiger partial charge on any atom is -0.376 e. The summed E-state index contributed by atoms with van der Waals surface area (Å²) < 4.78 is 39.2. The zero-order chi connectivity index (χ0) is 21.6. The van der Waals surface area contributed by atoms with Gasteiger partial charge in [0, 0.05) is 19.6 Å². The van der Waals surface area contributed by atoms with Gasteiger partial charge in [0.05, 0.1) is 16.1 Å². The molecule has 7 heteroatoms. The van der Waals surface area contributed by atoms with Crippen LogP contribution in [0.25, 0.3) is 10.9 Å². The van der Waals surface area contributed by atoms with Gasteiger partial charge in [0.15, 0.2) is 0 Å². The zero-order valence-corrected chi connectivity index (χ0v) is 17.8. The molecule has 0 amide bonds. The van der Waals surface area contributed by atoms with Gasteiger partial charge in [-0.25, -0.2) is 12.4 Å². The molecule has 2 aromatic carbocycles. The van der Waals surface area contributed by atoms with Gasteiger partial charge in [-0.2, -0.15) is 0 Å². The molecule has 1 aromatic heterocycles. The summed E-state index contributed by atoms with van der Waals surface area (Å²) in [7, 11) is -0.996. The Labute approximate surface area is 175 Å². The Morgan fingerprint density at radius 3 is 2.10 bits per heavy atom. The number of aryl methyl sites for hydroxylation is 1. The second kappa shape index (κ2) is 7.21. The number of rotatable bonds is 5. The molecule has 30 heavy (non-hydrogen) atoms. The molecule has 1 aliphatic carbocycles. The fraction of sp³-hybridized carbons (Fsp3) is 0.217. The van der Waals surface area contributed by atoms with Crippen LogP contribution < -0.4 is 0 Å². The highest BCUT2D eigenvalue weighted by Gasteiger charge is 2.38. The Kier molecular flexibility index (Phi) is 4.94. The molecule has 0 saturated carbocycles. The standard InChI is InChI=1S/C23H23NO5S/c1-17-8-10-19(11-9-17)30(26,27)24-20-7-5-4-6-18(20)16-21(24)22(25)12-14-23(28-2,29-3)15-13-22/h4-16,25H,1-3H3. The van der Waals surface area contributed by atoms with Crippen molar-refractivity contribution in [2.45, 2.75) is 23.2 Å². The first-order valence-electron chi connectivity index (χ1n) is 9.41. The summed E-state index contributed by atoms with van der Waals surface area (Å²) in [5.41, 5.74) is -0.0212. The lowest BCUT2D eigenvalue weighted by Gasteiger charge is -2.32. The molecule has 0 spiro atoms. The highest BCUT2D eigenvalue weighted by Crippen LogP contribution is 2.37. The van der Waals surface area contributed by atoms with Crippen molar-refractivity contribution in [3.63, 3.8) is 0 Å². The minimum atomic E-state index is -3.97. The molecule has 1 heterocycles. The number of hydrogen-bond donors (Lipinski definition) is 1. The molecule has 0 atom stereocenters. The van der Waals surface area contributed by atoms with Crippen LogP contribution in [0.1, 0.15) is 11.3 Å². The van der Waals surface area contributed by atoms with E-state index in [-0.39, 0.29) is 10.6 Å². The lowest BCUT2D eigenvalue weighted by molar-refractivity contribution is -0.136. The maximum absolute atomic E-state index is 13.6. The monoisotopic (exact) mass is 425 g/mol. The predicted octanol–water partition coefficient (Wildman–Crippen LogP) is 3.49. The summed E-state index contributed by atoms with van der Waals surface area (Å²) in [6.07, 6.45) is 6.09. The third kappa shape index (κ3) is 3.20. The molecular formula is C23H23NO5S. The smallest absolute Gasteiger partial charge is 0.268 e. The van der Waals surface area contributed by atoms with Crippen LogP contribution in [0.4, 0.5) is 0 Å². The van der Waals surface area contributed by atoms with Gasteiger partial charge in [-0.05, 0) is 55.5 Å². The number of ether oxygens (including phenoxy) is 2. The number of hydrogen-bond acceptors (Lipinski definition) is 5. The topological polar surface area (TPSA) is 77.8 Å². The van der Waals surface area contributed by atoms with Crippen LogP contribution in [0.15, 0.2) is 83.8 Å². The normalized spacial score (nSPS) is 17.5. The third-order valence-electron chi connectivity index (χ3n) is 5.41. The van der Waals surface area contributed by atoms with Gasteiger partial charge in [0.1, 0.15) is 5.60 Å². The minimum absolute atomic E-state index is 0.145. The molecule has 1 aliphatic rings. The first-order chi connectivity index (χ1) is 14.2. The molecule has 0 fully saturated rings. The Bertz CT molecular complexity index is 1230. The van der Waals surface area contributed by atoms with E-state index >= 15 is 0 Å². The average molecular weight is 426 g/mol. The largest absolute Gasteiger partial charge is 0.376 e. The van der Waals surface area contributed by atoms with E-state index in [1.54, 1.807) is 54.6 Å². The number of nitrogens with zero attached hydrogens (tertiary/aromatic N) is 1. The van der Waals surface area contributed by atoms with E-state index < -0.39 is 21.4 Å². The fourth-order valence-corrected chi connectivity index (χ4v) is 5.18. The van der Waals surface area contributed by atoms with Gasteiger partial charge in [-0.3, -0.25) is 0 Å². The van der Waals surface area contributed by atoms with E-state index in [0.29, 0.717) is 10.9 Å². The van der Waals surface area contributed by atoms with Crippen LogP contribution in [0.2, 0.25) is 0 Å². The van der Waals surface area contributed by atoms with E-state index in [1.807, 2.05) is 19.1 Å². The van der Waals surface area contributed by atoms with Crippen LogP contribution in [0, 0.1) is 6.92 Å². The number of fused-ring (bicyclic) bond motifs is 1. The molecule has 0 unspecified atom stereocenters. The quantitative estimate of drug-likeness (QED) is 0.500. The van der Waals surface area contributed by atoms with Crippen molar-refractivity contribution in [2.24, 2.45) is 0 Å². The summed E-state index contributed by atoms with van der Waals surface area (Å²) in [6, 6.07) is 15.5. The second-order valence-electron chi connectivity index (χ2n) is 7.29. The first kappa shape index (κ1) is 20.6. The number of para-hydroxylation sites is 1. The Hall–Kier alpha value is -2.71. The van der Waals surface area contributed by atoms with E-state index in [4.69, 9.17) is 9.47 Å². The maximum Gasteiger partial charge on any atom is 0.268 e. The van der Waals surface area contributed by atoms with Gasteiger partial charge < -0.3 is 14.6 Å². The molecule has 6 nitrogen and oxygen atoms in total. The highest BCUT2D eigenvalue weighted by molar-refractivity contribution is 7.90. The van der Waals surface area contributed by atoms with Crippen LogP contribution >= 0.6 is 0 Å². The molecule has 0 saturated heterocycles. The SMILES string of the molecule is COC1(OC)C=CC(O)(c2cc3ccccc3n2S(=O)(=O)c2ccc(C)cc2)C=C1. The van der Waals surface area contributed by atoms with Crippen molar-refractivity contribution in [3.8, 4) is 0 Å². The van der Waals surface area contributed by atoms with Crippen LogP contribution in [0.5, 0.6) is 0 Å². The predicted molar refractivity (Wildman–Crippen MR) is 115 cm³/mol. The van der Waals surface area contributed by atoms with Gasteiger partial charge in [0.25, 0.3) is 10.0 Å². The molecular weight excluding hydrogens is 402 g/mol. The third-order valence-corrected chi connectivity index (χ3v) is 7.16. The Morgan fingerprint density at radius 2 is 1.50 bits per heavy atom. The van der Waals surface area contributed by atoms with E-state index in [1.165, 1.54) is 30.3 Å². The van der Waals surface area contributed by atoms with Crippen molar-refractivity contribution in [2.75, 3.05) is 14.2 Å². The Balaban J connectivity index is 1.95. The molecule has 0 aliphatic heterocycles. The fourth-order valence-electron chi connectivity index (χ4n) is 3.61. The maximum atomic E-state index is 13.6. The lowest BCUT2D eigenvalue weighted by Crippen LogP contribution is -2.36. The Morgan fingerprint density at radius 1 is 0.900 bits per heavy atom. The van der Waals surface area contributed by atoms with Crippen molar-refractivity contribution >= 4 is 20.9 Å². The summed E-state index contributed by atoms with van der Waals surface area (Å²) in [5.74, 6) is -1.11. The lowest BCUT2D eigenvalue weighted by atomic mass is 9.92. The molecule has 0 bridgehead atoms. The van der Waals surface area contributed by atoms with Crippen molar-refractivity contribution in [3.05, 3.63) is 90.2 Å². The van der Waals surface area contributed by atoms with Crippen molar-refractivity contribution < 1.29 is 23.0 Å². The van der Waals surface area contributed by atoms with Crippen molar-refractivity contribution in [1.82, 2.24) is 3.97 Å². The number of methoxy groups -OCH3 is 2. The number of aromatic nitrogens is 1. The summed E-state index contributed by atoms with van der Waals surface area (Å²) >= 11 is 0. The van der Waals surface area contributed by atoms with E-state index in [2.05, 4.69) is 0 Å². The molecule has 156 valence electrons. The molecule has 4 rings (SSSR count). The highest BCUT2D eigenvalue weighted by atomic mass is 32.2. The zero-order valence-electron chi connectivity index (χ0n) is 16.9. The molecule has 3 aromatic rings. The first-order valence-corrected chi connectivity index (χ1v) is 10.9. The molecule has 0 radical (unpaired) electrons. The van der Waals surface area contributed by atoms with Crippen molar-refractivity contribution in [1.29, 1.82) is 0 Å². The van der Waals surface area contributed by atoms with Crippen LogP contribution in [-0.4, -0.2) is 37.5 Å². The number of benzene rings is 2. The average Bonchev–Trinajstić information content (AvgIpc) is 3.16. The second-order valence-corrected chi connectivity index (χ2v) is 9.08. The van der Waals surface area contributed by atoms with Crippen LogP contribution in [-0.2, 0) is 25.1 Å². The van der Waals surface area contributed by atoms with E-state index in [0.717, 1.165) is 5.56 Å². The number of aliphatic hydroxyl groups is 1. The summed E-state index contributed by atoms with van der Waals surface area (Å²) in [6.45, 7) is 1.89. The summed E-state index contributed by atoms with van der Waals surface area (Å²) in [4.78, 5) is 0.145. The van der Waals surface area contributed by atoms with Crippen LogP contribution in [0.3, 0.4) is 0 Å². The van der Waals surface area contributed by atoms with Gasteiger partial charge in [-0.1, -0.05) is 35.9 Å². The van der Waals surface area contributed by atoms with Gasteiger partial charge >= 0.3 is 0 Å². The van der Waals surface area contributed by atoms with Gasteiger partial charge in [0.2, 0.25) is 5.79 Å². The van der Waals surface area contributed by atoms with Gasteiger partial charge in [-0.15, -0.1) is 0 Å². The van der Waals surface area contributed by atoms with E-state index in [9.17, 15) is 13.5 Å².